The fourth-order valence-electron chi connectivity index (χ4n) is 2.00. The van der Waals surface area contributed by atoms with Crippen molar-refractivity contribution in [2.24, 2.45) is 5.73 Å². The van der Waals surface area contributed by atoms with Gasteiger partial charge in [-0.2, -0.15) is 11.8 Å². The van der Waals surface area contributed by atoms with Crippen LogP contribution < -0.4 is 5.73 Å². The van der Waals surface area contributed by atoms with E-state index in [1.54, 1.807) is 40.6 Å². The van der Waals surface area contributed by atoms with Gasteiger partial charge in [0.1, 0.15) is 0 Å². The van der Waals surface area contributed by atoms with Gasteiger partial charge in [0.15, 0.2) is 0 Å². The highest BCUT2D eigenvalue weighted by molar-refractivity contribution is 7.98. The average Bonchev–Trinajstić information content (AvgIpc) is 2.43. The summed E-state index contributed by atoms with van der Waals surface area (Å²) in [5, 5.41) is 0. The second-order valence-electron chi connectivity index (χ2n) is 4.88. The summed E-state index contributed by atoms with van der Waals surface area (Å²) in [4.78, 5) is 28.9. The summed E-state index contributed by atoms with van der Waals surface area (Å²) in [5.74, 6) is 0.900. The van der Waals surface area contributed by atoms with Crippen LogP contribution in [-0.2, 0) is 4.79 Å². The van der Waals surface area contributed by atoms with E-state index in [0.29, 0.717) is 32.6 Å². The Hall–Kier alpha value is -0.950. The van der Waals surface area contributed by atoms with Gasteiger partial charge in [-0.25, -0.2) is 4.79 Å². The second kappa shape index (κ2) is 7.59. The molecule has 0 aliphatic carbocycles. The molecule has 7 heteroatoms. The highest BCUT2D eigenvalue weighted by Crippen LogP contribution is 2.08. The van der Waals surface area contributed by atoms with Crippen molar-refractivity contribution in [1.29, 1.82) is 0 Å². The third-order valence-corrected chi connectivity index (χ3v) is 3.84. The van der Waals surface area contributed by atoms with Gasteiger partial charge in [-0.1, -0.05) is 0 Å². The third kappa shape index (κ3) is 4.58. The number of carbonyl (C=O) groups is 2. The fraction of sp³-hybridized carbons (Fsp3) is 0.833. The molecule has 110 valence electrons. The number of rotatable bonds is 4. The predicted molar refractivity (Wildman–Crippen MR) is 78.2 cm³/mol. The SMILES string of the molecule is CSCC[C@H](N)C(=O)N1CCN(C(=O)N(C)C)CC1. The Morgan fingerprint density at radius 3 is 2.21 bits per heavy atom. The first-order valence-corrected chi connectivity index (χ1v) is 7.86. The lowest BCUT2D eigenvalue weighted by Gasteiger charge is -2.36. The van der Waals surface area contributed by atoms with E-state index in [-0.39, 0.29) is 11.9 Å². The molecule has 2 N–H and O–H groups in total. The van der Waals surface area contributed by atoms with Crippen LogP contribution in [0.2, 0.25) is 0 Å². The van der Waals surface area contributed by atoms with Crippen LogP contribution in [0.25, 0.3) is 0 Å². The quantitative estimate of drug-likeness (QED) is 0.784. The summed E-state index contributed by atoms with van der Waals surface area (Å²) < 4.78 is 0. The van der Waals surface area contributed by atoms with E-state index < -0.39 is 6.04 Å². The molecule has 0 spiro atoms. The summed E-state index contributed by atoms with van der Waals surface area (Å²) in [7, 11) is 3.47. The van der Waals surface area contributed by atoms with Crippen LogP contribution in [0.1, 0.15) is 6.42 Å². The zero-order valence-electron chi connectivity index (χ0n) is 12.0. The van der Waals surface area contributed by atoms with E-state index in [0.717, 1.165) is 5.75 Å². The van der Waals surface area contributed by atoms with Crippen LogP contribution in [-0.4, -0.2) is 85.0 Å². The molecule has 1 fully saturated rings. The molecule has 0 saturated carbocycles. The minimum atomic E-state index is -0.413. The molecule has 3 amide bonds. The van der Waals surface area contributed by atoms with Crippen LogP contribution in [0.4, 0.5) is 4.79 Å². The molecule has 0 aromatic rings. The topological polar surface area (TPSA) is 69.9 Å². The Balaban J connectivity index is 2.41. The van der Waals surface area contributed by atoms with Gasteiger partial charge < -0.3 is 20.4 Å². The van der Waals surface area contributed by atoms with Crippen molar-refractivity contribution in [3.05, 3.63) is 0 Å². The first-order valence-electron chi connectivity index (χ1n) is 6.47. The smallest absolute Gasteiger partial charge is 0.319 e. The molecule has 0 aromatic carbocycles. The molecule has 1 heterocycles. The lowest BCUT2D eigenvalue weighted by Crippen LogP contribution is -2.55. The molecule has 1 rings (SSSR count). The molecular formula is C12H24N4O2S. The van der Waals surface area contributed by atoms with E-state index in [9.17, 15) is 9.59 Å². The maximum atomic E-state index is 12.1. The van der Waals surface area contributed by atoms with Gasteiger partial charge in [0.05, 0.1) is 6.04 Å². The largest absolute Gasteiger partial charge is 0.338 e. The summed E-state index contributed by atoms with van der Waals surface area (Å²) in [6.07, 6.45) is 2.71. The zero-order chi connectivity index (χ0) is 14.4. The maximum Gasteiger partial charge on any atom is 0.319 e. The Morgan fingerprint density at radius 2 is 1.74 bits per heavy atom. The molecular weight excluding hydrogens is 264 g/mol. The number of hydrogen-bond donors (Lipinski definition) is 1. The molecule has 1 saturated heterocycles. The number of nitrogens with two attached hydrogens (primary N) is 1. The first-order chi connectivity index (χ1) is 8.97. The van der Waals surface area contributed by atoms with Crippen molar-refractivity contribution >= 4 is 23.7 Å². The molecule has 0 bridgehead atoms. The summed E-state index contributed by atoms with van der Waals surface area (Å²) >= 11 is 1.69. The van der Waals surface area contributed by atoms with Crippen molar-refractivity contribution in [1.82, 2.24) is 14.7 Å². The molecule has 1 aliphatic heterocycles. The highest BCUT2D eigenvalue weighted by Gasteiger charge is 2.27. The Labute approximate surface area is 119 Å². The predicted octanol–water partition coefficient (Wildman–Crippen LogP) is -0.107. The van der Waals surface area contributed by atoms with E-state index in [2.05, 4.69) is 0 Å². The lowest BCUT2D eigenvalue weighted by atomic mass is 10.2. The molecule has 0 aromatic heterocycles. The third-order valence-electron chi connectivity index (χ3n) is 3.19. The van der Waals surface area contributed by atoms with Gasteiger partial charge in [0.25, 0.3) is 0 Å². The van der Waals surface area contributed by atoms with Crippen LogP contribution in [0.5, 0.6) is 0 Å². The van der Waals surface area contributed by atoms with Crippen molar-refractivity contribution in [3.63, 3.8) is 0 Å². The minimum absolute atomic E-state index is 0.00113. The zero-order valence-corrected chi connectivity index (χ0v) is 12.8. The maximum absolute atomic E-state index is 12.1. The highest BCUT2D eigenvalue weighted by atomic mass is 32.2. The van der Waals surface area contributed by atoms with Gasteiger partial charge in [0.2, 0.25) is 5.91 Å². The average molecular weight is 288 g/mol. The van der Waals surface area contributed by atoms with Crippen LogP contribution >= 0.6 is 11.8 Å². The molecule has 1 aliphatic rings. The van der Waals surface area contributed by atoms with E-state index in [1.165, 1.54) is 0 Å². The van der Waals surface area contributed by atoms with E-state index in [1.807, 2.05) is 6.26 Å². The Kier molecular flexibility index (Phi) is 6.44. The van der Waals surface area contributed by atoms with Gasteiger partial charge in [0, 0.05) is 40.3 Å². The Bertz CT molecular complexity index is 317. The summed E-state index contributed by atoms with van der Waals surface area (Å²) in [6.45, 7) is 2.31. The van der Waals surface area contributed by atoms with Crippen LogP contribution in [0, 0.1) is 0 Å². The number of piperazine rings is 1. The fourth-order valence-corrected chi connectivity index (χ4v) is 2.49. The van der Waals surface area contributed by atoms with Crippen molar-refractivity contribution in [2.75, 3.05) is 52.3 Å². The van der Waals surface area contributed by atoms with Gasteiger partial charge in [-0.3, -0.25) is 4.79 Å². The number of thioether (sulfide) groups is 1. The summed E-state index contributed by atoms with van der Waals surface area (Å²) in [5.41, 5.74) is 5.88. The van der Waals surface area contributed by atoms with E-state index >= 15 is 0 Å². The standard InChI is InChI=1S/C12H24N4O2S/c1-14(2)12(18)16-7-5-15(6-8-16)11(17)10(13)4-9-19-3/h10H,4-9,13H2,1-3H3/t10-/m0/s1. The molecule has 6 nitrogen and oxygen atoms in total. The van der Waals surface area contributed by atoms with Gasteiger partial charge in [-0.15, -0.1) is 0 Å². The number of amides is 3. The normalized spacial score (nSPS) is 17.3. The van der Waals surface area contributed by atoms with Crippen LogP contribution in [0.15, 0.2) is 0 Å². The van der Waals surface area contributed by atoms with Gasteiger partial charge >= 0.3 is 6.03 Å². The lowest BCUT2D eigenvalue weighted by molar-refractivity contribution is -0.134. The number of nitrogens with zero attached hydrogens (tertiary/aromatic N) is 3. The minimum Gasteiger partial charge on any atom is -0.338 e. The first kappa shape index (κ1) is 16.1. The van der Waals surface area contributed by atoms with E-state index in [4.69, 9.17) is 5.73 Å². The molecule has 0 unspecified atom stereocenters. The van der Waals surface area contributed by atoms with Crippen molar-refractivity contribution < 1.29 is 9.59 Å². The molecule has 0 radical (unpaired) electrons. The Morgan fingerprint density at radius 1 is 1.21 bits per heavy atom. The van der Waals surface area contributed by atoms with Gasteiger partial charge in [-0.05, 0) is 18.4 Å². The van der Waals surface area contributed by atoms with Crippen molar-refractivity contribution in [2.45, 2.75) is 12.5 Å². The number of urea groups is 1. The molecule has 19 heavy (non-hydrogen) atoms. The molecule has 1 atom stereocenters. The monoisotopic (exact) mass is 288 g/mol. The summed E-state index contributed by atoms with van der Waals surface area (Å²) in [6, 6.07) is -0.415. The van der Waals surface area contributed by atoms with Crippen molar-refractivity contribution in [3.8, 4) is 0 Å². The second-order valence-corrected chi connectivity index (χ2v) is 5.86. The van der Waals surface area contributed by atoms with Crippen LogP contribution in [0.3, 0.4) is 0 Å². The number of carbonyl (C=O) groups excluding carboxylic acids is 2. The number of hydrogen-bond acceptors (Lipinski definition) is 4.